The molecule has 276 valence electrons. The molecule has 0 aliphatic heterocycles. The van der Waals surface area contributed by atoms with Crippen molar-refractivity contribution in [2.75, 3.05) is 7.11 Å². The number of aromatic amines is 2. The number of H-pyrrole nitrogens is 2. The number of hydrogen-bond acceptors (Lipinski definition) is 3. The highest BCUT2D eigenvalue weighted by Crippen LogP contribution is 2.39. The van der Waals surface area contributed by atoms with Gasteiger partial charge in [-0.1, -0.05) is 170 Å². The predicted molar refractivity (Wildman–Crippen MR) is 232 cm³/mol. The number of aromatic nitrogens is 4. The number of aryl methyl sites for hydroxylation is 1. The second-order valence-electron chi connectivity index (χ2n) is 12.7. The minimum absolute atomic E-state index is 0.634. The van der Waals surface area contributed by atoms with Crippen molar-refractivity contribution < 1.29 is 4.74 Å². The van der Waals surface area contributed by atoms with E-state index in [9.17, 15) is 0 Å². The molecule has 6 aromatic carbocycles. The van der Waals surface area contributed by atoms with Crippen molar-refractivity contribution in [3.63, 3.8) is 0 Å². The Hall–Kier alpha value is -5.59. The van der Waals surface area contributed by atoms with Gasteiger partial charge < -0.3 is 14.7 Å². The summed E-state index contributed by atoms with van der Waals surface area (Å²) in [6.45, 7) is 6.26. The lowest BCUT2D eigenvalue weighted by atomic mass is 10.0. The third kappa shape index (κ3) is 9.21. The molecule has 0 bridgehead atoms. The third-order valence-corrected chi connectivity index (χ3v) is 9.59. The average molecular weight is 784 g/mol. The smallest absolute Gasteiger partial charge is 0.140 e. The minimum atomic E-state index is 0.634. The van der Waals surface area contributed by atoms with Gasteiger partial charge in [0.15, 0.2) is 0 Å². The number of nitrogens with one attached hydrogen (secondary N) is 2. The van der Waals surface area contributed by atoms with Crippen LogP contribution >= 0.6 is 34.8 Å². The van der Waals surface area contributed by atoms with Crippen LogP contribution in [0.3, 0.4) is 0 Å². The Morgan fingerprint density at radius 2 is 0.909 bits per heavy atom. The topological polar surface area (TPSA) is 66.6 Å². The molecule has 0 amide bonds. The largest absolute Gasteiger partial charge is 0.496 e. The average Bonchev–Trinajstić information content (AvgIpc) is 3.86. The van der Waals surface area contributed by atoms with Gasteiger partial charge in [-0.2, -0.15) is 0 Å². The Labute approximate surface area is 338 Å². The molecule has 0 saturated heterocycles. The second-order valence-corrected chi connectivity index (χ2v) is 13.9. The second kappa shape index (κ2) is 18.6. The molecule has 8 aromatic rings. The molecule has 0 saturated carbocycles. The first-order chi connectivity index (χ1) is 26.8. The summed E-state index contributed by atoms with van der Waals surface area (Å²) < 4.78 is 5.50. The summed E-state index contributed by atoms with van der Waals surface area (Å²) in [5, 5.41) is 1.97. The minimum Gasteiger partial charge on any atom is -0.496 e. The quantitative estimate of drug-likeness (QED) is 0.169. The van der Waals surface area contributed by atoms with Crippen molar-refractivity contribution >= 4 is 34.8 Å². The van der Waals surface area contributed by atoms with Crippen LogP contribution in [-0.2, 0) is 0 Å². The van der Waals surface area contributed by atoms with Crippen LogP contribution in [0.1, 0.15) is 25.8 Å². The Balaban J connectivity index is 0.000000176. The van der Waals surface area contributed by atoms with E-state index in [-0.39, 0.29) is 0 Å². The van der Waals surface area contributed by atoms with Crippen molar-refractivity contribution in [2.24, 2.45) is 0 Å². The first-order valence-corrected chi connectivity index (χ1v) is 19.2. The number of ether oxygens (including phenoxy) is 1. The highest BCUT2D eigenvalue weighted by molar-refractivity contribution is 6.34. The van der Waals surface area contributed by atoms with Crippen LogP contribution in [0, 0.1) is 6.92 Å². The third-order valence-electron chi connectivity index (χ3n) is 8.60. The van der Waals surface area contributed by atoms with Crippen molar-refractivity contribution in [3.8, 4) is 73.6 Å². The molecule has 2 aromatic heterocycles. The summed E-state index contributed by atoms with van der Waals surface area (Å²) in [6.07, 6.45) is 1.25. The Bertz CT molecular complexity index is 2420. The SMILES string of the molecule is CCC.COc1cc(-c2nc(-c3ccccc3Cl)[nH]c2-c2ccccc2Cl)ccc1C.Clc1ccccc1-c1nc(-c2ccccc2)c(-c2ccccc2)[nH]1. The van der Waals surface area contributed by atoms with Crippen molar-refractivity contribution in [1.82, 2.24) is 19.9 Å². The Morgan fingerprint density at radius 3 is 1.40 bits per heavy atom. The first-order valence-electron chi connectivity index (χ1n) is 18.0. The molecule has 0 spiro atoms. The molecular formula is C47H41Cl3N4O. The summed E-state index contributed by atoms with van der Waals surface area (Å²) in [4.78, 5) is 16.6. The lowest BCUT2D eigenvalue weighted by Gasteiger charge is -2.08. The molecule has 5 nitrogen and oxygen atoms in total. The van der Waals surface area contributed by atoms with E-state index in [1.165, 1.54) is 6.42 Å². The fourth-order valence-corrected chi connectivity index (χ4v) is 6.64. The molecule has 0 aliphatic rings. The van der Waals surface area contributed by atoms with Crippen LogP contribution in [0.2, 0.25) is 15.1 Å². The highest BCUT2D eigenvalue weighted by Gasteiger charge is 2.20. The number of rotatable bonds is 7. The van der Waals surface area contributed by atoms with Crippen LogP contribution in [0.15, 0.2) is 152 Å². The van der Waals surface area contributed by atoms with E-state index in [4.69, 9.17) is 49.5 Å². The molecular weight excluding hydrogens is 743 g/mol. The highest BCUT2D eigenvalue weighted by atomic mass is 35.5. The molecule has 0 radical (unpaired) electrons. The number of nitrogens with zero attached hydrogens (tertiary/aromatic N) is 2. The number of hydrogen-bond donors (Lipinski definition) is 2. The van der Waals surface area contributed by atoms with E-state index < -0.39 is 0 Å². The summed E-state index contributed by atoms with van der Waals surface area (Å²) in [5.74, 6) is 2.28. The fourth-order valence-electron chi connectivity index (χ4n) is 5.96. The van der Waals surface area contributed by atoms with E-state index in [0.29, 0.717) is 20.9 Å². The maximum atomic E-state index is 6.49. The van der Waals surface area contributed by atoms with Gasteiger partial charge in [0.1, 0.15) is 17.4 Å². The normalized spacial score (nSPS) is 10.5. The monoisotopic (exact) mass is 782 g/mol. The molecule has 0 unspecified atom stereocenters. The van der Waals surface area contributed by atoms with E-state index >= 15 is 0 Å². The Morgan fingerprint density at radius 1 is 0.491 bits per heavy atom. The number of halogens is 3. The van der Waals surface area contributed by atoms with Gasteiger partial charge in [0, 0.05) is 38.4 Å². The van der Waals surface area contributed by atoms with E-state index in [0.717, 1.165) is 73.3 Å². The van der Waals surface area contributed by atoms with E-state index in [1.807, 2.05) is 134 Å². The fraction of sp³-hybridized carbons (Fsp3) is 0.106. The van der Waals surface area contributed by atoms with Gasteiger partial charge in [-0.15, -0.1) is 0 Å². The molecule has 8 heteroatoms. The van der Waals surface area contributed by atoms with Gasteiger partial charge in [0.2, 0.25) is 0 Å². The zero-order valence-corrected chi connectivity index (χ0v) is 33.3. The van der Waals surface area contributed by atoms with Crippen molar-refractivity contribution in [1.29, 1.82) is 0 Å². The molecule has 0 fully saturated rings. The lowest BCUT2D eigenvalue weighted by Crippen LogP contribution is -1.90. The lowest BCUT2D eigenvalue weighted by molar-refractivity contribution is 0.412. The molecule has 0 aliphatic carbocycles. The van der Waals surface area contributed by atoms with Crippen LogP contribution in [0.25, 0.3) is 67.8 Å². The van der Waals surface area contributed by atoms with Gasteiger partial charge in [-0.25, -0.2) is 9.97 Å². The van der Waals surface area contributed by atoms with Crippen LogP contribution in [0.4, 0.5) is 0 Å². The molecule has 55 heavy (non-hydrogen) atoms. The number of methoxy groups -OCH3 is 1. The van der Waals surface area contributed by atoms with Gasteiger partial charge in [-0.3, -0.25) is 0 Å². The van der Waals surface area contributed by atoms with Gasteiger partial charge in [0.05, 0.1) is 39.9 Å². The molecule has 8 rings (SSSR count). The van der Waals surface area contributed by atoms with Crippen molar-refractivity contribution in [2.45, 2.75) is 27.2 Å². The number of imidazole rings is 2. The summed E-state index contributed by atoms with van der Waals surface area (Å²) in [5.41, 5.74) is 10.3. The van der Waals surface area contributed by atoms with Crippen LogP contribution in [0.5, 0.6) is 5.75 Å². The standard InChI is InChI=1S/C23H18Cl2N2O.C21H15ClN2.C3H8/c1-14-11-12-15(13-20(14)28-2)21-22(16-7-3-5-9-18(16)24)27-23(26-21)17-8-4-6-10-19(17)25;22-18-14-8-7-13-17(18)21-23-19(15-9-3-1-4-10-15)20(24-21)16-11-5-2-6-12-16;1-3-2/h3-13H,1-2H3,(H,26,27);1-14H,(H,23,24);3H2,1-2H3. The van der Waals surface area contributed by atoms with Gasteiger partial charge in [0.25, 0.3) is 0 Å². The Kier molecular flexibility index (Phi) is 13.3. The zero-order valence-electron chi connectivity index (χ0n) is 31.1. The number of benzene rings is 6. The van der Waals surface area contributed by atoms with Gasteiger partial charge in [-0.05, 0) is 48.9 Å². The maximum Gasteiger partial charge on any atom is 0.140 e. The molecule has 2 N–H and O–H groups in total. The summed E-state index contributed by atoms with van der Waals surface area (Å²) >= 11 is 19.2. The summed E-state index contributed by atoms with van der Waals surface area (Å²) in [7, 11) is 1.67. The molecule has 2 heterocycles. The predicted octanol–water partition coefficient (Wildman–Crippen LogP) is 14.5. The zero-order chi connectivity index (χ0) is 38.7. The van der Waals surface area contributed by atoms with Gasteiger partial charge >= 0.3 is 0 Å². The van der Waals surface area contributed by atoms with E-state index in [1.54, 1.807) is 7.11 Å². The van der Waals surface area contributed by atoms with Crippen LogP contribution in [-0.4, -0.2) is 27.0 Å². The first kappa shape index (κ1) is 39.1. The van der Waals surface area contributed by atoms with Crippen molar-refractivity contribution in [3.05, 3.63) is 172 Å². The molecule has 0 atom stereocenters. The summed E-state index contributed by atoms with van der Waals surface area (Å²) in [6, 6.07) is 49.5. The maximum absolute atomic E-state index is 6.49. The van der Waals surface area contributed by atoms with Crippen LogP contribution < -0.4 is 4.74 Å². The van der Waals surface area contributed by atoms with E-state index in [2.05, 4.69) is 48.1 Å².